The summed E-state index contributed by atoms with van der Waals surface area (Å²) in [5, 5.41) is 3.33. The van der Waals surface area contributed by atoms with Crippen LogP contribution in [0.1, 0.15) is 5.82 Å². The predicted octanol–water partition coefficient (Wildman–Crippen LogP) is 0.791. The quantitative estimate of drug-likeness (QED) is 0.694. The van der Waals surface area contributed by atoms with Gasteiger partial charge in [0.15, 0.2) is 0 Å². The average molecular weight is 216 g/mol. The molecule has 60 valence electrons. The molecule has 2 heterocycles. The largest absolute Gasteiger partial charge is 0.321 e. The van der Waals surface area contributed by atoms with E-state index in [0.717, 1.165) is 30.7 Å². The van der Waals surface area contributed by atoms with Crippen LogP contribution in [-0.4, -0.2) is 22.6 Å². The highest BCUT2D eigenvalue weighted by atomic mass is 79.9. The van der Waals surface area contributed by atoms with Crippen LogP contribution in [-0.2, 0) is 13.0 Å². The maximum Gasteiger partial charge on any atom is 0.110 e. The van der Waals surface area contributed by atoms with Crippen LogP contribution in [0, 0.1) is 0 Å². The van der Waals surface area contributed by atoms with Crippen molar-refractivity contribution < 1.29 is 0 Å². The first-order chi connectivity index (χ1) is 5.38. The van der Waals surface area contributed by atoms with Crippen LogP contribution in [0.3, 0.4) is 0 Å². The molecule has 4 heteroatoms. The zero-order valence-electron chi connectivity index (χ0n) is 6.18. The van der Waals surface area contributed by atoms with Crippen LogP contribution in [0.4, 0.5) is 0 Å². The SMILES string of the molecule is Brc1cnc2n1CCNCC2. The second kappa shape index (κ2) is 2.95. The summed E-state index contributed by atoms with van der Waals surface area (Å²) in [6.07, 6.45) is 2.91. The van der Waals surface area contributed by atoms with Crippen molar-refractivity contribution in [2.24, 2.45) is 0 Å². The number of rotatable bonds is 0. The highest BCUT2D eigenvalue weighted by Gasteiger charge is 2.09. The van der Waals surface area contributed by atoms with Crippen molar-refractivity contribution in [3.8, 4) is 0 Å². The minimum atomic E-state index is 1.02. The van der Waals surface area contributed by atoms with Gasteiger partial charge in [0.2, 0.25) is 0 Å². The van der Waals surface area contributed by atoms with Crippen molar-refractivity contribution in [1.29, 1.82) is 0 Å². The molecule has 0 fully saturated rings. The Bertz CT molecular complexity index is 256. The Balaban J connectivity index is 2.35. The molecular weight excluding hydrogens is 206 g/mol. The van der Waals surface area contributed by atoms with Gasteiger partial charge in [-0.1, -0.05) is 0 Å². The predicted molar refractivity (Wildman–Crippen MR) is 46.5 cm³/mol. The molecule has 0 spiro atoms. The van der Waals surface area contributed by atoms with Gasteiger partial charge in [-0.25, -0.2) is 4.98 Å². The zero-order chi connectivity index (χ0) is 7.68. The van der Waals surface area contributed by atoms with E-state index in [1.165, 1.54) is 5.82 Å². The minimum Gasteiger partial charge on any atom is -0.321 e. The molecule has 2 rings (SSSR count). The number of halogens is 1. The highest BCUT2D eigenvalue weighted by molar-refractivity contribution is 9.10. The van der Waals surface area contributed by atoms with Crippen LogP contribution in [0.5, 0.6) is 0 Å². The van der Waals surface area contributed by atoms with Crippen LogP contribution >= 0.6 is 15.9 Å². The van der Waals surface area contributed by atoms with Gasteiger partial charge in [-0.2, -0.15) is 0 Å². The summed E-state index contributed by atoms with van der Waals surface area (Å²) in [4.78, 5) is 4.29. The van der Waals surface area contributed by atoms with Crippen LogP contribution in [0.15, 0.2) is 10.8 Å². The van der Waals surface area contributed by atoms with E-state index in [1.807, 2.05) is 6.20 Å². The molecule has 0 saturated carbocycles. The van der Waals surface area contributed by atoms with Crippen LogP contribution < -0.4 is 5.32 Å². The first-order valence-corrected chi connectivity index (χ1v) is 4.58. The van der Waals surface area contributed by atoms with E-state index in [9.17, 15) is 0 Å². The van der Waals surface area contributed by atoms with E-state index in [2.05, 4.69) is 30.8 Å². The molecule has 0 unspecified atom stereocenters. The number of nitrogens with one attached hydrogen (secondary N) is 1. The number of fused-ring (bicyclic) bond motifs is 1. The normalized spacial score (nSPS) is 17.5. The lowest BCUT2D eigenvalue weighted by Crippen LogP contribution is -2.17. The fourth-order valence-electron chi connectivity index (χ4n) is 1.34. The third-order valence-electron chi connectivity index (χ3n) is 1.93. The Morgan fingerprint density at radius 2 is 2.45 bits per heavy atom. The molecule has 0 bridgehead atoms. The maximum absolute atomic E-state index is 4.29. The molecule has 3 nitrogen and oxygen atoms in total. The number of nitrogens with zero attached hydrogens (tertiary/aromatic N) is 2. The molecule has 0 saturated heterocycles. The van der Waals surface area contributed by atoms with E-state index < -0.39 is 0 Å². The fourth-order valence-corrected chi connectivity index (χ4v) is 1.83. The molecule has 1 aromatic rings. The second-order valence-corrected chi connectivity index (χ2v) is 3.46. The van der Waals surface area contributed by atoms with Crippen molar-refractivity contribution >= 4 is 15.9 Å². The lowest BCUT2D eigenvalue weighted by atomic mass is 10.4. The Hall–Kier alpha value is -0.350. The van der Waals surface area contributed by atoms with Gasteiger partial charge in [0, 0.05) is 26.1 Å². The van der Waals surface area contributed by atoms with Gasteiger partial charge < -0.3 is 9.88 Å². The van der Waals surface area contributed by atoms with E-state index in [4.69, 9.17) is 0 Å². The van der Waals surface area contributed by atoms with Crippen molar-refractivity contribution in [2.75, 3.05) is 13.1 Å². The van der Waals surface area contributed by atoms with Gasteiger partial charge in [-0.15, -0.1) is 0 Å². The first kappa shape index (κ1) is 7.31. The molecule has 1 aliphatic heterocycles. The molecule has 0 aliphatic carbocycles. The Morgan fingerprint density at radius 1 is 1.55 bits per heavy atom. The van der Waals surface area contributed by atoms with Gasteiger partial charge >= 0.3 is 0 Å². The average Bonchev–Trinajstić information content (AvgIpc) is 2.25. The van der Waals surface area contributed by atoms with Gasteiger partial charge in [0.05, 0.1) is 6.20 Å². The summed E-state index contributed by atoms with van der Waals surface area (Å²) in [7, 11) is 0. The summed E-state index contributed by atoms with van der Waals surface area (Å²) in [5.74, 6) is 1.18. The highest BCUT2D eigenvalue weighted by Crippen LogP contribution is 2.13. The van der Waals surface area contributed by atoms with Crippen LogP contribution in [0.25, 0.3) is 0 Å². The van der Waals surface area contributed by atoms with E-state index in [1.54, 1.807) is 0 Å². The topological polar surface area (TPSA) is 29.9 Å². The number of hydrogen-bond donors (Lipinski definition) is 1. The Kier molecular flexibility index (Phi) is 1.96. The third-order valence-corrected chi connectivity index (χ3v) is 2.56. The summed E-state index contributed by atoms with van der Waals surface area (Å²) in [6, 6.07) is 0. The summed E-state index contributed by atoms with van der Waals surface area (Å²) in [5.41, 5.74) is 0. The molecular formula is C7H10BrN3. The smallest absolute Gasteiger partial charge is 0.110 e. The molecule has 1 aliphatic rings. The maximum atomic E-state index is 4.29. The Labute approximate surface area is 73.9 Å². The van der Waals surface area contributed by atoms with Crippen molar-refractivity contribution in [3.63, 3.8) is 0 Å². The first-order valence-electron chi connectivity index (χ1n) is 3.78. The van der Waals surface area contributed by atoms with Gasteiger partial charge in [-0.05, 0) is 15.9 Å². The van der Waals surface area contributed by atoms with E-state index in [0.29, 0.717) is 0 Å². The number of hydrogen-bond acceptors (Lipinski definition) is 2. The van der Waals surface area contributed by atoms with Crippen molar-refractivity contribution in [1.82, 2.24) is 14.9 Å². The zero-order valence-corrected chi connectivity index (χ0v) is 7.76. The second-order valence-electron chi connectivity index (χ2n) is 2.65. The molecule has 1 aromatic heterocycles. The van der Waals surface area contributed by atoms with Crippen LogP contribution in [0.2, 0.25) is 0 Å². The fraction of sp³-hybridized carbons (Fsp3) is 0.571. The van der Waals surface area contributed by atoms with Gasteiger partial charge in [-0.3, -0.25) is 0 Å². The lowest BCUT2D eigenvalue weighted by molar-refractivity contribution is 0.638. The molecule has 1 N–H and O–H groups in total. The Morgan fingerprint density at radius 3 is 3.36 bits per heavy atom. The number of imidazole rings is 1. The van der Waals surface area contributed by atoms with Gasteiger partial charge in [0.25, 0.3) is 0 Å². The monoisotopic (exact) mass is 215 g/mol. The molecule has 0 atom stereocenters. The van der Waals surface area contributed by atoms with Gasteiger partial charge in [0.1, 0.15) is 10.4 Å². The summed E-state index contributed by atoms with van der Waals surface area (Å²) < 4.78 is 3.30. The minimum absolute atomic E-state index is 1.02. The van der Waals surface area contributed by atoms with Crippen molar-refractivity contribution in [3.05, 3.63) is 16.6 Å². The lowest BCUT2D eigenvalue weighted by Gasteiger charge is -2.02. The standard InChI is InChI=1S/C7H10BrN3/c8-6-5-10-7-1-2-9-3-4-11(6)7/h5,9H,1-4H2. The van der Waals surface area contributed by atoms with Crippen molar-refractivity contribution in [2.45, 2.75) is 13.0 Å². The molecule has 0 radical (unpaired) electrons. The van der Waals surface area contributed by atoms with E-state index in [-0.39, 0.29) is 0 Å². The molecule has 0 amide bonds. The van der Waals surface area contributed by atoms with E-state index >= 15 is 0 Å². The summed E-state index contributed by atoms with van der Waals surface area (Å²) >= 11 is 3.46. The third kappa shape index (κ3) is 1.32. The summed E-state index contributed by atoms with van der Waals surface area (Å²) in [6.45, 7) is 3.11. The molecule has 11 heavy (non-hydrogen) atoms. The molecule has 0 aromatic carbocycles. The number of aromatic nitrogens is 2.